The first-order chi connectivity index (χ1) is 7.28. The smallest absolute Gasteiger partial charge is 0.128 e. The van der Waals surface area contributed by atoms with E-state index >= 15 is 0 Å². The Morgan fingerprint density at radius 2 is 1.80 bits per heavy atom. The van der Waals surface area contributed by atoms with Gasteiger partial charge in [-0.15, -0.1) is 0 Å². The molecule has 1 aromatic rings. The number of ether oxygens (including phenoxy) is 2. The molecule has 0 aliphatic rings. The Labute approximate surface area is 92.2 Å². The summed E-state index contributed by atoms with van der Waals surface area (Å²) in [7, 11) is 3.43. The van der Waals surface area contributed by atoms with Crippen LogP contribution in [0.15, 0.2) is 12.1 Å². The van der Waals surface area contributed by atoms with Gasteiger partial charge >= 0.3 is 0 Å². The van der Waals surface area contributed by atoms with E-state index in [2.05, 4.69) is 19.9 Å². The van der Waals surface area contributed by atoms with Gasteiger partial charge in [0.2, 0.25) is 0 Å². The minimum absolute atomic E-state index is 0.925. The standard InChI is InChI=1S/C13H20O2/c1-5-7-10-8-9-12(14-3)11(6-2)13(10)15-4/h8-9H,5-7H2,1-4H3. The van der Waals surface area contributed by atoms with Gasteiger partial charge < -0.3 is 9.47 Å². The number of hydrogen-bond acceptors (Lipinski definition) is 2. The molecule has 0 heterocycles. The highest BCUT2D eigenvalue weighted by molar-refractivity contribution is 5.50. The summed E-state index contributed by atoms with van der Waals surface area (Å²) in [6, 6.07) is 4.13. The second-order valence-electron chi connectivity index (χ2n) is 3.54. The van der Waals surface area contributed by atoms with Gasteiger partial charge in [-0.1, -0.05) is 26.3 Å². The van der Waals surface area contributed by atoms with Crippen LogP contribution in [0.1, 0.15) is 31.4 Å². The van der Waals surface area contributed by atoms with Crippen molar-refractivity contribution in [3.05, 3.63) is 23.3 Å². The van der Waals surface area contributed by atoms with Crippen molar-refractivity contribution in [1.29, 1.82) is 0 Å². The van der Waals surface area contributed by atoms with Gasteiger partial charge in [-0.3, -0.25) is 0 Å². The second kappa shape index (κ2) is 5.64. The zero-order chi connectivity index (χ0) is 11.3. The molecule has 1 rings (SSSR count). The minimum atomic E-state index is 0.925. The van der Waals surface area contributed by atoms with E-state index in [0.717, 1.165) is 30.8 Å². The topological polar surface area (TPSA) is 18.5 Å². The zero-order valence-corrected chi connectivity index (χ0v) is 10.1. The Morgan fingerprint density at radius 1 is 1.07 bits per heavy atom. The molecule has 15 heavy (non-hydrogen) atoms. The van der Waals surface area contributed by atoms with E-state index in [4.69, 9.17) is 9.47 Å². The quantitative estimate of drug-likeness (QED) is 0.739. The normalized spacial score (nSPS) is 10.1. The Balaban J connectivity index is 3.21. The van der Waals surface area contributed by atoms with E-state index in [0.29, 0.717) is 0 Å². The fourth-order valence-corrected chi connectivity index (χ4v) is 1.90. The van der Waals surface area contributed by atoms with Crippen LogP contribution in [0.2, 0.25) is 0 Å². The van der Waals surface area contributed by atoms with Crippen LogP contribution in [0.3, 0.4) is 0 Å². The number of benzene rings is 1. The second-order valence-corrected chi connectivity index (χ2v) is 3.54. The lowest BCUT2D eigenvalue weighted by atomic mass is 10.0. The lowest BCUT2D eigenvalue weighted by Crippen LogP contribution is -1.99. The molecule has 0 N–H and O–H groups in total. The van der Waals surface area contributed by atoms with E-state index in [1.165, 1.54) is 11.1 Å². The van der Waals surface area contributed by atoms with Gasteiger partial charge in [-0.2, -0.15) is 0 Å². The summed E-state index contributed by atoms with van der Waals surface area (Å²) in [6.07, 6.45) is 3.12. The van der Waals surface area contributed by atoms with Gasteiger partial charge in [0.25, 0.3) is 0 Å². The molecule has 84 valence electrons. The fourth-order valence-electron chi connectivity index (χ4n) is 1.90. The maximum absolute atomic E-state index is 5.48. The van der Waals surface area contributed by atoms with E-state index in [1.54, 1.807) is 14.2 Å². The summed E-state index contributed by atoms with van der Waals surface area (Å²) >= 11 is 0. The Morgan fingerprint density at radius 3 is 2.27 bits per heavy atom. The van der Waals surface area contributed by atoms with Gasteiger partial charge in [0.05, 0.1) is 14.2 Å². The van der Waals surface area contributed by atoms with Crippen LogP contribution in [0, 0.1) is 0 Å². The van der Waals surface area contributed by atoms with Crippen molar-refractivity contribution in [2.45, 2.75) is 33.1 Å². The molecule has 0 amide bonds. The van der Waals surface area contributed by atoms with Crippen molar-refractivity contribution in [1.82, 2.24) is 0 Å². The molecule has 0 bridgehead atoms. The van der Waals surface area contributed by atoms with Gasteiger partial charge in [-0.05, 0) is 24.5 Å². The maximum Gasteiger partial charge on any atom is 0.128 e. The molecule has 0 saturated carbocycles. The number of rotatable bonds is 5. The molecule has 0 unspecified atom stereocenters. The van der Waals surface area contributed by atoms with Crippen LogP contribution in [0.5, 0.6) is 11.5 Å². The first-order valence-electron chi connectivity index (χ1n) is 5.51. The third kappa shape index (κ3) is 2.44. The van der Waals surface area contributed by atoms with Crippen LogP contribution in [0.25, 0.3) is 0 Å². The maximum atomic E-state index is 5.48. The largest absolute Gasteiger partial charge is 0.496 e. The van der Waals surface area contributed by atoms with Crippen molar-refractivity contribution < 1.29 is 9.47 Å². The number of hydrogen-bond donors (Lipinski definition) is 0. The highest BCUT2D eigenvalue weighted by Crippen LogP contribution is 2.33. The van der Waals surface area contributed by atoms with Crippen LogP contribution in [-0.2, 0) is 12.8 Å². The summed E-state index contributed by atoms with van der Waals surface area (Å²) in [5, 5.41) is 0. The summed E-state index contributed by atoms with van der Waals surface area (Å²) in [5.41, 5.74) is 2.45. The molecule has 0 aliphatic carbocycles. The molecule has 0 aliphatic heterocycles. The van der Waals surface area contributed by atoms with Crippen molar-refractivity contribution in [2.75, 3.05) is 14.2 Å². The zero-order valence-electron chi connectivity index (χ0n) is 10.1. The summed E-state index contributed by atoms with van der Waals surface area (Å²) in [5.74, 6) is 1.92. The van der Waals surface area contributed by atoms with E-state index in [-0.39, 0.29) is 0 Å². The number of aryl methyl sites for hydroxylation is 1. The van der Waals surface area contributed by atoms with Crippen LogP contribution in [-0.4, -0.2) is 14.2 Å². The van der Waals surface area contributed by atoms with Gasteiger partial charge in [0, 0.05) is 5.56 Å². The summed E-state index contributed by atoms with van der Waals surface area (Å²) in [4.78, 5) is 0. The van der Waals surface area contributed by atoms with E-state index < -0.39 is 0 Å². The van der Waals surface area contributed by atoms with Crippen LogP contribution < -0.4 is 9.47 Å². The van der Waals surface area contributed by atoms with Crippen molar-refractivity contribution >= 4 is 0 Å². The van der Waals surface area contributed by atoms with Crippen LogP contribution >= 0.6 is 0 Å². The van der Waals surface area contributed by atoms with Crippen molar-refractivity contribution in [2.24, 2.45) is 0 Å². The first-order valence-corrected chi connectivity index (χ1v) is 5.51. The Bertz CT molecular complexity index is 319. The molecule has 0 radical (unpaired) electrons. The highest BCUT2D eigenvalue weighted by Gasteiger charge is 2.12. The van der Waals surface area contributed by atoms with E-state index in [9.17, 15) is 0 Å². The Kier molecular flexibility index (Phi) is 4.47. The lowest BCUT2D eigenvalue weighted by molar-refractivity contribution is 0.382. The van der Waals surface area contributed by atoms with Crippen molar-refractivity contribution in [3.63, 3.8) is 0 Å². The van der Waals surface area contributed by atoms with Crippen LogP contribution in [0.4, 0.5) is 0 Å². The van der Waals surface area contributed by atoms with Gasteiger partial charge in [-0.25, -0.2) is 0 Å². The predicted octanol–water partition coefficient (Wildman–Crippen LogP) is 3.22. The average molecular weight is 208 g/mol. The van der Waals surface area contributed by atoms with Gasteiger partial charge in [0.15, 0.2) is 0 Å². The summed E-state index contributed by atoms with van der Waals surface area (Å²) in [6.45, 7) is 4.30. The monoisotopic (exact) mass is 208 g/mol. The number of methoxy groups -OCH3 is 2. The molecule has 1 aromatic carbocycles. The molecule has 0 fully saturated rings. The third-order valence-electron chi connectivity index (χ3n) is 2.60. The highest BCUT2D eigenvalue weighted by atomic mass is 16.5. The first kappa shape index (κ1) is 11.9. The predicted molar refractivity (Wildman–Crippen MR) is 62.9 cm³/mol. The molecular formula is C13H20O2. The SMILES string of the molecule is CCCc1ccc(OC)c(CC)c1OC. The fraction of sp³-hybridized carbons (Fsp3) is 0.538. The van der Waals surface area contributed by atoms with E-state index in [1.807, 2.05) is 6.07 Å². The Hall–Kier alpha value is -1.18. The third-order valence-corrected chi connectivity index (χ3v) is 2.60. The molecule has 2 heteroatoms. The average Bonchev–Trinajstić information content (AvgIpc) is 2.28. The molecule has 0 atom stereocenters. The molecule has 0 spiro atoms. The molecule has 2 nitrogen and oxygen atoms in total. The molecular weight excluding hydrogens is 188 g/mol. The van der Waals surface area contributed by atoms with Crippen molar-refractivity contribution in [3.8, 4) is 11.5 Å². The van der Waals surface area contributed by atoms with Gasteiger partial charge in [0.1, 0.15) is 11.5 Å². The lowest BCUT2D eigenvalue weighted by Gasteiger charge is -2.15. The molecule has 0 aromatic heterocycles. The summed E-state index contributed by atoms with van der Waals surface area (Å²) < 4.78 is 10.8. The molecule has 0 saturated heterocycles. The minimum Gasteiger partial charge on any atom is -0.496 e.